The number of carbonyl (C=O) groups excluding carboxylic acids is 1. The molecule has 10 heavy (non-hydrogen) atoms. The van der Waals surface area contributed by atoms with E-state index in [4.69, 9.17) is 0 Å². The second kappa shape index (κ2) is 6.35. The SMILES string of the molecule is CCCCCOC(=O)[N]N. The zero-order chi connectivity index (χ0) is 7.82. The first kappa shape index (κ1) is 9.23. The van der Waals surface area contributed by atoms with Crippen LogP contribution < -0.4 is 11.3 Å². The van der Waals surface area contributed by atoms with E-state index in [1.807, 2.05) is 0 Å². The second-order valence-electron chi connectivity index (χ2n) is 1.95. The summed E-state index contributed by atoms with van der Waals surface area (Å²) in [5.74, 6) is 4.64. The highest BCUT2D eigenvalue weighted by Crippen LogP contribution is 1.93. The van der Waals surface area contributed by atoms with E-state index >= 15 is 0 Å². The van der Waals surface area contributed by atoms with E-state index in [2.05, 4.69) is 22.9 Å². The van der Waals surface area contributed by atoms with Gasteiger partial charge in [-0.25, -0.2) is 10.6 Å². The van der Waals surface area contributed by atoms with Crippen LogP contribution in [0.3, 0.4) is 0 Å². The maximum Gasteiger partial charge on any atom is 0.445 e. The molecule has 0 heterocycles. The summed E-state index contributed by atoms with van der Waals surface area (Å²) in [7, 11) is 0. The molecule has 4 nitrogen and oxygen atoms in total. The van der Waals surface area contributed by atoms with E-state index in [0.717, 1.165) is 19.3 Å². The molecule has 0 aromatic rings. The summed E-state index contributed by atoms with van der Waals surface area (Å²) in [6.07, 6.45) is 2.38. The number of unbranched alkanes of at least 4 members (excludes halogenated alkanes) is 2. The standard InChI is InChI=1S/C6H13N2O2/c1-2-3-4-5-10-6(9)8-7/h2-5,7H2,1H3. The average Bonchev–Trinajstić information content (AvgIpc) is 1.98. The molecule has 0 saturated carbocycles. The van der Waals surface area contributed by atoms with Crippen molar-refractivity contribution in [1.82, 2.24) is 5.43 Å². The van der Waals surface area contributed by atoms with E-state index in [0.29, 0.717) is 6.61 Å². The molecule has 1 radical (unpaired) electrons. The van der Waals surface area contributed by atoms with Crippen molar-refractivity contribution in [3.05, 3.63) is 0 Å². The minimum absolute atomic E-state index is 0.424. The largest absolute Gasteiger partial charge is 0.447 e. The van der Waals surface area contributed by atoms with Gasteiger partial charge in [0.2, 0.25) is 0 Å². The fourth-order valence-electron chi connectivity index (χ4n) is 0.549. The molecule has 0 rings (SSSR count). The predicted molar refractivity (Wildman–Crippen MR) is 37.2 cm³/mol. The molecule has 0 unspecified atom stereocenters. The number of ether oxygens (including phenoxy) is 1. The van der Waals surface area contributed by atoms with Crippen LogP contribution in [0.1, 0.15) is 26.2 Å². The zero-order valence-electron chi connectivity index (χ0n) is 6.17. The van der Waals surface area contributed by atoms with E-state index < -0.39 is 6.09 Å². The van der Waals surface area contributed by atoms with Gasteiger partial charge >= 0.3 is 6.09 Å². The molecule has 0 bridgehead atoms. The lowest BCUT2D eigenvalue weighted by atomic mass is 10.3. The lowest BCUT2D eigenvalue weighted by Gasteiger charge is -1.99. The van der Waals surface area contributed by atoms with E-state index in [9.17, 15) is 4.79 Å². The maximum atomic E-state index is 10.3. The Morgan fingerprint density at radius 1 is 1.60 bits per heavy atom. The second-order valence-corrected chi connectivity index (χ2v) is 1.95. The van der Waals surface area contributed by atoms with Crippen molar-refractivity contribution in [2.75, 3.05) is 6.61 Å². The topological polar surface area (TPSA) is 66.4 Å². The van der Waals surface area contributed by atoms with E-state index in [-0.39, 0.29) is 0 Å². The number of rotatable bonds is 4. The number of nitrogens with two attached hydrogens (primary N) is 1. The number of nitrogens with zero attached hydrogens (tertiary/aromatic N) is 1. The molecule has 0 aliphatic rings. The Morgan fingerprint density at radius 3 is 2.80 bits per heavy atom. The minimum Gasteiger partial charge on any atom is -0.447 e. The van der Waals surface area contributed by atoms with Crippen molar-refractivity contribution < 1.29 is 9.53 Å². The van der Waals surface area contributed by atoms with Gasteiger partial charge in [-0.2, -0.15) is 0 Å². The first-order valence-electron chi connectivity index (χ1n) is 3.39. The Labute approximate surface area is 60.7 Å². The van der Waals surface area contributed by atoms with Crippen LogP contribution >= 0.6 is 0 Å². The summed E-state index contributed by atoms with van der Waals surface area (Å²) in [5.41, 5.74) is 2.82. The number of amides is 1. The van der Waals surface area contributed by atoms with Crippen LogP contribution in [0, 0.1) is 0 Å². The third-order valence-corrected chi connectivity index (χ3v) is 1.08. The van der Waals surface area contributed by atoms with Gasteiger partial charge in [0.15, 0.2) is 0 Å². The monoisotopic (exact) mass is 145 g/mol. The van der Waals surface area contributed by atoms with Crippen LogP contribution in [0.5, 0.6) is 0 Å². The highest BCUT2D eigenvalue weighted by Gasteiger charge is 1.97. The van der Waals surface area contributed by atoms with Crippen LogP contribution in [0.2, 0.25) is 0 Å². The van der Waals surface area contributed by atoms with Gasteiger partial charge in [-0.1, -0.05) is 19.8 Å². The molecular weight excluding hydrogens is 132 g/mol. The van der Waals surface area contributed by atoms with Gasteiger partial charge in [-0.3, -0.25) is 0 Å². The smallest absolute Gasteiger partial charge is 0.445 e. The molecule has 0 aliphatic carbocycles. The number of carbonyl (C=O) groups is 1. The van der Waals surface area contributed by atoms with E-state index in [1.165, 1.54) is 0 Å². The van der Waals surface area contributed by atoms with Crippen LogP contribution in [0.4, 0.5) is 4.79 Å². The van der Waals surface area contributed by atoms with Crippen molar-refractivity contribution >= 4 is 6.09 Å². The summed E-state index contributed by atoms with van der Waals surface area (Å²) < 4.78 is 4.56. The van der Waals surface area contributed by atoms with Gasteiger partial charge in [0.25, 0.3) is 0 Å². The summed E-state index contributed by atoms with van der Waals surface area (Å²) in [6, 6.07) is 0. The molecule has 0 aromatic carbocycles. The molecule has 0 fully saturated rings. The van der Waals surface area contributed by atoms with Gasteiger partial charge in [-0.05, 0) is 6.42 Å². The molecular formula is C6H13N2O2. The molecule has 59 valence electrons. The fourth-order valence-corrected chi connectivity index (χ4v) is 0.549. The zero-order valence-corrected chi connectivity index (χ0v) is 6.17. The molecule has 0 saturated heterocycles. The maximum absolute atomic E-state index is 10.3. The Bertz CT molecular complexity index is 95.7. The highest BCUT2D eigenvalue weighted by molar-refractivity contribution is 5.65. The summed E-state index contributed by atoms with van der Waals surface area (Å²) in [5, 5.41) is 0. The van der Waals surface area contributed by atoms with Crippen molar-refractivity contribution in [3.63, 3.8) is 0 Å². The molecule has 4 heteroatoms. The Morgan fingerprint density at radius 2 is 2.30 bits per heavy atom. The van der Waals surface area contributed by atoms with Crippen LogP contribution in [0.15, 0.2) is 0 Å². The van der Waals surface area contributed by atoms with Gasteiger partial charge in [0, 0.05) is 0 Å². The van der Waals surface area contributed by atoms with Gasteiger partial charge < -0.3 is 4.74 Å². The van der Waals surface area contributed by atoms with Crippen LogP contribution in [0.25, 0.3) is 0 Å². The third-order valence-electron chi connectivity index (χ3n) is 1.08. The quantitative estimate of drug-likeness (QED) is 0.275. The Kier molecular flexibility index (Phi) is 5.86. The Hall–Kier alpha value is -0.770. The lowest BCUT2D eigenvalue weighted by molar-refractivity contribution is 0.143. The fraction of sp³-hybridized carbons (Fsp3) is 0.833. The van der Waals surface area contributed by atoms with Crippen molar-refractivity contribution in [1.29, 1.82) is 0 Å². The highest BCUT2D eigenvalue weighted by atomic mass is 16.5. The summed E-state index contributed by atoms with van der Waals surface area (Å²) in [6.45, 7) is 2.50. The number of hydrogen-bond acceptors (Lipinski definition) is 3. The molecule has 0 atom stereocenters. The average molecular weight is 145 g/mol. The summed E-state index contributed by atoms with van der Waals surface area (Å²) >= 11 is 0. The van der Waals surface area contributed by atoms with Crippen molar-refractivity contribution in [2.24, 2.45) is 5.84 Å². The third kappa shape index (κ3) is 5.37. The van der Waals surface area contributed by atoms with Gasteiger partial charge in [0.05, 0.1) is 6.61 Å². The first-order chi connectivity index (χ1) is 4.81. The van der Waals surface area contributed by atoms with E-state index in [1.54, 1.807) is 0 Å². The van der Waals surface area contributed by atoms with Crippen LogP contribution in [-0.4, -0.2) is 12.7 Å². The minimum atomic E-state index is -0.684. The Balaban J connectivity index is 2.96. The van der Waals surface area contributed by atoms with Crippen LogP contribution in [-0.2, 0) is 4.74 Å². The predicted octanol–water partition coefficient (Wildman–Crippen LogP) is 0.791. The van der Waals surface area contributed by atoms with Gasteiger partial charge in [0.1, 0.15) is 0 Å². The number of hydrogen-bond donors (Lipinski definition) is 1. The molecule has 1 amide bonds. The van der Waals surface area contributed by atoms with Crippen molar-refractivity contribution in [3.8, 4) is 0 Å². The van der Waals surface area contributed by atoms with Gasteiger partial charge in [-0.15, -0.1) is 5.43 Å². The first-order valence-corrected chi connectivity index (χ1v) is 3.39. The molecule has 2 N–H and O–H groups in total. The molecule has 0 spiro atoms. The lowest BCUT2D eigenvalue weighted by Crippen LogP contribution is -2.23. The summed E-state index contributed by atoms with van der Waals surface area (Å²) in [4.78, 5) is 10.3. The van der Waals surface area contributed by atoms with Crippen molar-refractivity contribution in [2.45, 2.75) is 26.2 Å². The normalized spacial score (nSPS) is 9.00. The molecule has 0 aromatic heterocycles. The molecule has 0 aliphatic heterocycles.